The molecule has 0 saturated heterocycles. The molecule has 104 valence electrons. The third kappa shape index (κ3) is 2.54. The summed E-state index contributed by atoms with van der Waals surface area (Å²) in [5.41, 5.74) is 0.621. The normalized spacial score (nSPS) is 16.9. The fourth-order valence-corrected chi connectivity index (χ4v) is 2.76. The van der Waals surface area contributed by atoms with Gasteiger partial charge in [-0.25, -0.2) is 9.37 Å². The molecule has 1 aromatic heterocycles. The van der Waals surface area contributed by atoms with Gasteiger partial charge in [-0.05, 0) is 40.8 Å². The molecule has 0 N–H and O–H groups in total. The first kappa shape index (κ1) is 13.8. The van der Waals surface area contributed by atoms with E-state index in [9.17, 15) is 9.18 Å². The fraction of sp³-hybridized carbons (Fsp3) is 0.231. The van der Waals surface area contributed by atoms with Gasteiger partial charge in [-0.1, -0.05) is 11.6 Å². The number of hydrogen-bond acceptors (Lipinski definition) is 3. The highest BCUT2D eigenvalue weighted by molar-refractivity contribution is 14.1. The molecule has 0 aliphatic carbocycles. The van der Waals surface area contributed by atoms with Gasteiger partial charge < -0.3 is 4.74 Å². The first-order valence-corrected chi connectivity index (χ1v) is 7.36. The van der Waals surface area contributed by atoms with Crippen molar-refractivity contribution < 1.29 is 9.13 Å². The maximum atomic E-state index is 13.1. The van der Waals surface area contributed by atoms with Crippen LogP contribution in [0.5, 0.6) is 5.75 Å². The molecule has 0 saturated carbocycles. The number of rotatable bonds is 2. The number of halogens is 3. The van der Waals surface area contributed by atoms with Gasteiger partial charge in [-0.3, -0.25) is 9.36 Å². The Morgan fingerprint density at radius 1 is 1.55 bits per heavy atom. The van der Waals surface area contributed by atoms with Crippen LogP contribution in [0.4, 0.5) is 4.39 Å². The summed E-state index contributed by atoms with van der Waals surface area (Å²) in [5, 5.41) is 0.199. The van der Waals surface area contributed by atoms with Crippen molar-refractivity contribution in [3.05, 3.63) is 55.0 Å². The van der Waals surface area contributed by atoms with Crippen LogP contribution in [-0.4, -0.2) is 15.7 Å². The molecular weight excluding hydrogens is 398 g/mol. The second-order valence-corrected chi connectivity index (χ2v) is 5.94. The lowest BCUT2D eigenvalue weighted by molar-refractivity contribution is 0.207. The Kier molecular flexibility index (Phi) is 3.68. The molecule has 0 bridgehead atoms. The van der Waals surface area contributed by atoms with Crippen LogP contribution in [0, 0.1) is 9.39 Å². The molecule has 2 aromatic rings. The van der Waals surface area contributed by atoms with E-state index in [4.69, 9.17) is 16.3 Å². The van der Waals surface area contributed by atoms with Crippen LogP contribution in [0.1, 0.15) is 5.56 Å². The predicted octanol–water partition coefficient (Wildman–Crippen LogP) is 2.64. The number of hydrogen-bond donors (Lipinski definition) is 0. The topological polar surface area (TPSA) is 44.1 Å². The molecule has 0 amide bonds. The van der Waals surface area contributed by atoms with Gasteiger partial charge in [-0.2, -0.15) is 0 Å². The zero-order chi connectivity index (χ0) is 14.3. The van der Waals surface area contributed by atoms with Gasteiger partial charge in [-0.15, -0.1) is 0 Å². The molecule has 7 heteroatoms. The van der Waals surface area contributed by atoms with Crippen LogP contribution in [0.25, 0.3) is 0 Å². The van der Waals surface area contributed by atoms with Crippen molar-refractivity contribution in [3.63, 3.8) is 0 Å². The second kappa shape index (κ2) is 5.33. The van der Waals surface area contributed by atoms with E-state index in [1.54, 1.807) is 6.07 Å². The highest BCUT2D eigenvalue weighted by atomic mass is 127. The maximum Gasteiger partial charge on any atom is 0.268 e. The standard InChI is InChI=1S/C13H9ClFIN2O2/c14-12-11(16)13(19)18(6-17-12)5-9-4-7-3-8(15)1-2-10(7)20-9/h1-3,6,9H,4-5H2. The minimum Gasteiger partial charge on any atom is -0.488 e. The van der Waals surface area contributed by atoms with E-state index in [2.05, 4.69) is 4.98 Å². The van der Waals surface area contributed by atoms with Crippen LogP contribution in [0.2, 0.25) is 5.15 Å². The minimum absolute atomic E-state index is 0.198. The first-order valence-electron chi connectivity index (χ1n) is 5.90. The number of nitrogens with zero attached hydrogens (tertiary/aromatic N) is 2. The molecule has 2 heterocycles. The Morgan fingerprint density at radius 3 is 3.15 bits per heavy atom. The summed E-state index contributed by atoms with van der Waals surface area (Å²) in [4.78, 5) is 16.0. The molecule has 0 spiro atoms. The highest BCUT2D eigenvalue weighted by Crippen LogP contribution is 2.29. The van der Waals surface area contributed by atoms with E-state index in [0.717, 1.165) is 5.56 Å². The molecular formula is C13H9ClFIN2O2. The molecule has 1 aliphatic heterocycles. The monoisotopic (exact) mass is 406 g/mol. The molecule has 1 atom stereocenters. The summed E-state index contributed by atoms with van der Waals surface area (Å²) in [6.45, 7) is 0.356. The predicted molar refractivity (Wildman–Crippen MR) is 80.7 cm³/mol. The van der Waals surface area contributed by atoms with E-state index >= 15 is 0 Å². The highest BCUT2D eigenvalue weighted by Gasteiger charge is 2.24. The van der Waals surface area contributed by atoms with Gasteiger partial charge in [0.25, 0.3) is 5.56 Å². The molecule has 1 aromatic carbocycles. The van der Waals surface area contributed by atoms with Crippen molar-refractivity contribution in [2.75, 3.05) is 0 Å². The van der Waals surface area contributed by atoms with Crippen LogP contribution < -0.4 is 10.3 Å². The molecule has 4 nitrogen and oxygen atoms in total. The van der Waals surface area contributed by atoms with Crippen molar-refractivity contribution in [2.24, 2.45) is 0 Å². The molecule has 0 radical (unpaired) electrons. The SMILES string of the molecule is O=c1c(I)c(Cl)ncn1CC1Cc2cc(F)ccc2O1. The summed E-state index contributed by atoms with van der Waals surface area (Å²) < 4.78 is 20.7. The number of ether oxygens (including phenoxy) is 1. The zero-order valence-electron chi connectivity index (χ0n) is 10.1. The Balaban J connectivity index is 1.82. The summed E-state index contributed by atoms with van der Waals surface area (Å²) in [7, 11) is 0. The minimum atomic E-state index is -0.284. The summed E-state index contributed by atoms with van der Waals surface area (Å²) in [6, 6.07) is 4.43. The smallest absolute Gasteiger partial charge is 0.268 e. The van der Waals surface area contributed by atoms with Gasteiger partial charge in [0.15, 0.2) is 0 Å². The third-order valence-corrected chi connectivity index (χ3v) is 4.68. The van der Waals surface area contributed by atoms with Gasteiger partial charge in [0.05, 0.1) is 12.9 Å². The number of aromatic nitrogens is 2. The van der Waals surface area contributed by atoms with E-state index < -0.39 is 0 Å². The average Bonchev–Trinajstić information content (AvgIpc) is 2.81. The lowest BCUT2D eigenvalue weighted by atomic mass is 10.1. The van der Waals surface area contributed by atoms with Crippen LogP contribution in [0.15, 0.2) is 29.3 Å². The van der Waals surface area contributed by atoms with Gasteiger partial charge in [0, 0.05) is 12.0 Å². The molecule has 1 aliphatic rings. The Hall–Kier alpha value is -1.15. The largest absolute Gasteiger partial charge is 0.488 e. The zero-order valence-corrected chi connectivity index (χ0v) is 13.1. The van der Waals surface area contributed by atoms with Crippen molar-refractivity contribution in [2.45, 2.75) is 19.1 Å². The number of fused-ring (bicyclic) bond motifs is 1. The number of benzene rings is 1. The van der Waals surface area contributed by atoms with E-state index in [1.165, 1.54) is 23.0 Å². The van der Waals surface area contributed by atoms with Crippen LogP contribution in [-0.2, 0) is 13.0 Å². The first-order chi connectivity index (χ1) is 9.54. The second-order valence-electron chi connectivity index (χ2n) is 4.50. The lowest BCUT2D eigenvalue weighted by Gasteiger charge is -2.12. The van der Waals surface area contributed by atoms with Crippen molar-refractivity contribution in [1.29, 1.82) is 0 Å². The van der Waals surface area contributed by atoms with Crippen LogP contribution in [0.3, 0.4) is 0 Å². The van der Waals surface area contributed by atoms with E-state index in [0.29, 0.717) is 22.3 Å². The maximum absolute atomic E-state index is 13.1. The fourth-order valence-electron chi connectivity index (χ4n) is 2.18. The van der Waals surface area contributed by atoms with Crippen molar-refractivity contribution in [1.82, 2.24) is 9.55 Å². The van der Waals surface area contributed by atoms with Gasteiger partial charge in [0.2, 0.25) is 0 Å². The van der Waals surface area contributed by atoms with Gasteiger partial charge in [0.1, 0.15) is 26.4 Å². The molecule has 3 rings (SSSR count). The molecule has 20 heavy (non-hydrogen) atoms. The van der Waals surface area contributed by atoms with E-state index in [1.807, 2.05) is 22.6 Å². The lowest BCUT2D eigenvalue weighted by Crippen LogP contribution is -2.30. The Bertz CT molecular complexity index is 735. The molecule has 0 fully saturated rings. The van der Waals surface area contributed by atoms with Crippen molar-refractivity contribution >= 4 is 34.2 Å². The quantitative estimate of drug-likeness (QED) is 0.569. The summed E-state index contributed by atoms with van der Waals surface area (Å²) >= 11 is 7.66. The van der Waals surface area contributed by atoms with Crippen LogP contribution >= 0.6 is 34.2 Å². The Morgan fingerprint density at radius 2 is 2.35 bits per heavy atom. The molecule has 1 unspecified atom stereocenters. The van der Waals surface area contributed by atoms with E-state index in [-0.39, 0.29) is 22.6 Å². The average molecular weight is 407 g/mol. The summed E-state index contributed by atoms with van der Waals surface area (Å²) in [5.74, 6) is 0.383. The third-order valence-electron chi connectivity index (χ3n) is 3.10. The van der Waals surface area contributed by atoms with Gasteiger partial charge >= 0.3 is 0 Å². The summed E-state index contributed by atoms with van der Waals surface area (Å²) in [6.07, 6.45) is 1.77. The van der Waals surface area contributed by atoms with Crippen molar-refractivity contribution in [3.8, 4) is 5.75 Å². The Labute approximate surface area is 132 Å².